The minimum Gasteiger partial charge on any atom is -0.496 e. The first kappa shape index (κ1) is 21.2. The summed E-state index contributed by atoms with van der Waals surface area (Å²) in [4.78, 5) is 29.7. The van der Waals surface area contributed by atoms with E-state index in [9.17, 15) is 9.59 Å². The van der Waals surface area contributed by atoms with Crippen LogP contribution in [0.25, 0.3) is 11.3 Å². The molecule has 6 nitrogen and oxygen atoms in total. The molecule has 0 spiro atoms. The molecular formula is C20H17ClN2O4S2. The SMILES string of the molecule is COc1cc(SC)ccc1C(=O)OCC(=O)Nc1nc(-c2ccccc2Cl)cs1. The molecule has 0 aliphatic heterocycles. The summed E-state index contributed by atoms with van der Waals surface area (Å²) in [6, 6.07) is 12.5. The first-order valence-electron chi connectivity index (χ1n) is 8.41. The Hall–Kier alpha value is -2.55. The van der Waals surface area contributed by atoms with E-state index in [4.69, 9.17) is 21.1 Å². The van der Waals surface area contributed by atoms with Gasteiger partial charge in [-0.1, -0.05) is 29.8 Å². The Morgan fingerprint density at radius 1 is 1.24 bits per heavy atom. The fourth-order valence-corrected chi connectivity index (χ4v) is 3.84. The lowest BCUT2D eigenvalue weighted by Gasteiger charge is -2.09. The number of halogens is 1. The van der Waals surface area contributed by atoms with Gasteiger partial charge in [-0.15, -0.1) is 23.1 Å². The maximum absolute atomic E-state index is 12.3. The lowest BCUT2D eigenvalue weighted by atomic mass is 10.2. The Bertz CT molecular complexity index is 1040. The van der Waals surface area contributed by atoms with Crippen LogP contribution in [0.3, 0.4) is 0 Å². The summed E-state index contributed by atoms with van der Waals surface area (Å²) in [5, 5.41) is 5.38. The lowest BCUT2D eigenvalue weighted by molar-refractivity contribution is -0.119. The van der Waals surface area contributed by atoms with E-state index < -0.39 is 18.5 Å². The number of hydrogen-bond acceptors (Lipinski definition) is 7. The van der Waals surface area contributed by atoms with E-state index in [1.165, 1.54) is 30.2 Å². The van der Waals surface area contributed by atoms with Gasteiger partial charge in [0.25, 0.3) is 5.91 Å². The summed E-state index contributed by atoms with van der Waals surface area (Å²) < 4.78 is 10.3. The number of methoxy groups -OCH3 is 1. The van der Waals surface area contributed by atoms with E-state index in [-0.39, 0.29) is 5.56 Å². The van der Waals surface area contributed by atoms with Crippen molar-refractivity contribution in [3.05, 3.63) is 58.4 Å². The molecule has 0 bridgehead atoms. The van der Waals surface area contributed by atoms with Gasteiger partial charge in [-0.3, -0.25) is 10.1 Å². The van der Waals surface area contributed by atoms with Crippen molar-refractivity contribution >= 4 is 51.7 Å². The summed E-state index contributed by atoms with van der Waals surface area (Å²) in [5.41, 5.74) is 1.69. The zero-order valence-electron chi connectivity index (χ0n) is 15.6. The van der Waals surface area contributed by atoms with Crippen LogP contribution < -0.4 is 10.1 Å². The van der Waals surface area contributed by atoms with Crippen LogP contribution in [0, 0.1) is 0 Å². The van der Waals surface area contributed by atoms with Gasteiger partial charge in [-0.05, 0) is 30.5 Å². The number of esters is 1. The molecule has 2 aromatic carbocycles. The van der Waals surface area contributed by atoms with Gasteiger partial charge >= 0.3 is 5.97 Å². The predicted molar refractivity (Wildman–Crippen MR) is 116 cm³/mol. The summed E-state index contributed by atoms with van der Waals surface area (Å²) in [5.74, 6) is -0.731. The number of nitrogens with one attached hydrogen (secondary N) is 1. The average molecular weight is 449 g/mol. The third-order valence-corrected chi connectivity index (χ3v) is 5.68. The largest absolute Gasteiger partial charge is 0.496 e. The number of rotatable bonds is 7. The van der Waals surface area contributed by atoms with Crippen molar-refractivity contribution in [2.75, 3.05) is 25.3 Å². The van der Waals surface area contributed by atoms with Crippen LogP contribution in [0.2, 0.25) is 5.02 Å². The highest BCUT2D eigenvalue weighted by Gasteiger charge is 2.17. The highest BCUT2D eigenvalue weighted by molar-refractivity contribution is 7.98. The summed E-state index contributed by atoms with van der Waals surface area (Å²) in [6.07, 6.45) is 1.92. The van der Waals surface area contributed by atoms with Crippen molar-refractivity contribution < 1.29 is 19.1 Å². The third-order valence-electron chi connectivity index (χ3n) is 3.86. The molecule has 1 aromatic heterocycles. The number of amides is 1. The highest BCUT2D eigenvalue weighted by Crippen LogP contribution is 2.30. The van der Waals surface area contributed by atoms with Crippen LogP contribution in [-0.2, 0) is 9.53 Å². The minimum atomic E-state index is -0.638. The maximum atomic E-state index is 12.3. The average Bonchev–Trinajstić information content (AvgIpc) is 3.19. The monoisotopic (exact) mass is 448 g/mol. The number of hydrogen-bond donors (Lipinski definition) is 1. The van der Waals surface area contributed by atoms with Gasteiger partial charge in [0.05, 0.1) is 12.8 Å². The van der Waals surface area contributed by atoms with E-state index in [0.29, 0.717) is 21.6 Å². The van der Waals surface area contributed by atoms with Gasteiger partial charge in [-0.25, -0.2) is 9.78 Å². The normalized spacial score (nSPS) is 10.4. The molecule has 0 aliphatic rings. The summed E-state index contributed by atoms with van der Waals surface area (Å²) in [6.45, 7) is -0.437. The van der Waals surface area contributed by atoms with Crippen LogP contribution in [0.5, 0.6) is 5.75 Å². The first-order chi connectivity index (χ1) is 14.0. The second kappa shape index (κ2) is 9.78. The molecule has 3 rings (SSSR count). The second-order valence-corrected chi connectivity index (χ2v) is 7.85. The number of thioether (sulfide) groups is 1. The molecule has 0 atom stereocenters. The molecule has 0 saturated heterocycles. The van der Waals surface area contributed by atoms with Crippen molar-refractivity contribution in [1.29, 1.82) is 0 Å². The molecule has 0 saturated carbocycles. The zero-order valence-corrected chi connectivity index (χ0v) is 18.0. The summed E-state index contributed by atoms with van der Waals surface area (Å²) >= 11 is 8.96. The second-order valence-electron chi connectivity index (χ2n) is 5.71. The zero-order chi connectivity index (χ0) is 20.8. The van der Waals surface area contributed by atoms with Gasteiger partial charge < -0.3 is 9.47 Å². The molecule has 1 heterocycles. The fraction of sp³-hybridized carbons (Fsp3) is 0.150. The third kappa shape index (κ3) is 5.29. The molecule has 0 aliphatic carbocycles. The molecule has 150 valence electrons. The molecule has 0 unspecified atom stereocenters. The molecule has 0 fully saturated rings. The molecule has 1 amide bonds. The number of nitrogens with zero attached hydrogens (tertiary/aromatic N) is 1. The van der Waals surface area contributed by atoms with Crippen LogP contribution >= 0.6 is 34.7 Å². The van der Waals surface area contributed by atoms with Crippen molar-refractivity contribution in [1.82, 2.24) is 4.98 Å². The van der Waals surface area contributed by atoms with Crippen molar-refractivity contribution in [2.45, 2.75) is 4.90 Å². The van der Waals surface area contributed by atoms with Crippen LogP contribution in [0.1, 0.15) is 10.4 Å². The number of carbonyl (C=O) groups excluding carboxylic acids is 2. The Morgan fingerprint density at radius 3 is 2.76 bits per heavy atom. The van der Waals surface area contributed by atoms with Crippen LogP contribution in [0.4, 0.5) is 5.13 Å². The molecule has 29 heavy (non-hydrogen) atoms. The lowest BCUT2D eigenvalue weighted by Crippen LogP contribution is -2.21. The van der Waals surface area contributed by atoms with E-state index >= 15 is 0 Å². The predicted octanol–water partition coefficient (Wildman–Crippen LogP) is 4.99. The van der Waals surface area contributed by atoms with Crippen LogP contribution in [-0.4, -0.2) is 36.8 Å². The Labute approximate surface area is 181 Å². The van der Waals surface area contributed by atoms with E-state index in [1.54, 1.807) is 29.6 Å². The van der Waals surface area contributed by atoms with Gasteiger partial charge in [0.1, 0.15) is 11.3 Å². The molecule has 1 N–H and O–H groups in total. The Balaban J connectivity index is 1.59. The molecule has 9 heteroatoms. The highest BCUT2D eigenvalue weighted by atomic mass is 35.5. The summed E-state index contributed by atoms with van der Waals surface area (Å²) in [7, 11) is 1.47. The van der Waals surface area contributed by atoms with Crippen molar-refractivity contribution in [3.8, 4) is 17.0 Å². The van der Waals surface area contributed by atoms with Crippen molar-refractivity contribution in [2.24, 2.45) is 0 Å². The van der Waals surface area contributed by atoms with Gasteiger partial charge in [0.2, 0.25) is 0 Å². The molecule has 0 radical (unpaired) electrons. The van der Waals surface area contributed by atoms with Gasteiger partial charge in [0.15, 0.2) is 11.7 Å². The fourth-order valence-electron chi connectivity index (χ4n) is 2.46. The smallest absolute Gasteiger partial charge is 0.342 e. The van der Waals surface area contributed by atoms with E-state index in [1.807, 2.05) is 24.5 Å². The first-order valence-corrected chi connectivity index (χ1v) is 10.9. The van der Waals surface area contributed by atoms with Gasteiger partial charge in [-0.2, -0.15) is 0 Å². The van der Waals surface area contributed by atoms with E-state index in [2.05, 4.69) is 10.3 Å². The molecule has 3 aromatic rings. The molecular weight excluding hydrogens is 432 g/mol. The number of anilines is 1. The van der Waals surface area contributed by atoms with Gasteiger partial charge in [0, 0.05) is 20.9 Å². The van der Waals surface area contributed by atoms with E-state index in [0.717, 1.165) is 10.5 Å². The number of aromatic nitrogens is 1. The number of thiazole rings is 1. The number of benzene rings is 2. The van der Waals surface area contributed by atoms with Crippen molar-refractivity contribution in [3.63, 3.8) is 0 Å². The quantitative estimate of drug-likeness (QED) is 0.405. The maximum Gasteiger partial charge on any atom is 0.342 e. The number of ether oxygens (including phenoxy) is 2. The standard InChI is InChI=1S/C20H17ClN2O4S2/c1-26-17-9-12(28-2)7-8-14(17)19(25)27-10-18(24)23-20-22-16(11-29-20)13-5-3-4-6-15(13)21/h3-9,11H,10H2,1-2H3,(H,22,23,24). The topological polar surface area (TPSA) is 77.5 Å². The minimum absolute atomic E-state index is 0.258. The Kier molecular flexibility index (Phi) is 7.13. The number of carbonyl (C=O) groups is 2. The Morgan fingerprint density at radius 2 is 2.03 bits per heavy atom. The van der Waals surface area contributed by atoms with Crippen LogP contribution in [0.15, 0.2) is 52.7 Å².